The third-order valence-electron chi connectivity index (χ3n) is 4.65. The molecule has 0 saturated carbocycles. The van der Waals surface area contributed by atoms with Crippen molar-refractivity contribution in [1.29, 1.82) is 0 Å². The Labute approximate surface area is 152 Å². The topological polar surface area (TPSA) is 0 Å². The summed E-state index contributed by atoms with van der Waals surface area (Å²) in [6, 6.07) is 0. The van der Waals surface area contributed by atoms with Gasteiger partial charge in [0.2, 0.25) is 0 Å². The molecule has 2 atom stereocenters. The maximum absolute atomic E-state index is 4.78. The minimum atomic E-state index is 0.499. The van der Waals surface area contributed by atoms with Gasteiger partial charge in [0.15, 0.2) is 0 Å². The average molecular weight is 347 g/mol. The summed E-state index contributed by atoms with van der Waals surface area (Å²) in [5, 5.41) is 0.998. The normalized spacial score (nSPS) is 14.2. The molecule has 0 nitrogen and oxygen atoms in total. The highest BCUT2D eigenvalue weighted by molar-refractivity contribution is 7.85. The largest absolute Gasteiger partial charge is 0.175 e. The van der Waals surface area contributed by atoms with Crippen molar-refractivity contribution in [1.82, 2.24) is 0 Å². The molecule has 0 aliphatic rings. The van der Waals surface area contributed by atoms with Crippen LogP contribution in [0.3, 0.4) is 0 Å². The Balaban J connectivity index is 3.33. The Morgan fingerprint density at radius 3 is 1.05 bits per heavy atom. The maximum atomic E-state index is 4.78. The van der Waals surface area contributed by atoms with Gasteiger partial charge in [0, 0.05) is 10.5 Å². The van der Waals surface area contributed by atoms with Gasteiger partial charge in [-0.3, -0.25) is 0 Å². The smallest absolute Gasteiger partial charge is 0.0133 e. The molecule has 0 heterocycles. The third kappa shape index (κ3) is 15.6. The molecule has 0 aromatic rings. The first-order valence-electron chi connectivity index (χ1n) is 10.1. The molecule has 0 rings (SSSR count). The van der Waals surface area contributed by atoms with E-state index in [1.807, 2.05) is 0 Å². The lowest BCUT2D eigenvalue weighted by atomic mass is 10.0. The van der Waals surface area contributed by atoms with Gasteiger partial charge in [-0.15, -0.1) is 0 Å². The van der Waals surface area contributed by atoms with Gasteiger partial charge in [0.05, 0.1) is 0 Å². The molecule has 22 heavy (non-hydrogen) atoms. The SMILES string of the molecule is CCCCCCCCC[C@@H](S)[C@@H](S)CCCCCCCCC. The average Bonchev–Trinajstić information content (AvgIpc) is 2.52. The zero-order valence-electron chi connectivity index (χ0n) is 15.4. The van der Waals surface area contributed by atoms with Gasteiger partial charge in [-0.2, -0.15) is 25.3 Å². The third-order valence-corrected chi connectivity index (χ3v) is 6.12. The fourth-order valence-electron chi connectivity index (χ4n) is 3.01. The van der Waals surface area contributed by atoms with E-state index in [0.717, 1.165) is 0 Å². The van der Waals surface area contributed by atoms with E-state index in [1.165, 1.54) is 103 Å². The first kappa shape index (κ1) is 22.7. The summed E-state index contributed by atoms with van der Waals surface area (Å²) in [6.07, 6.45) is 22.0. The van der Waals surface area contributed by atoms with Gasteiger partial charge >= 0.3 is 0 Å². The number of hydrogen-bond acceptors (Lipinski definition) is 2. The summed E-state index contributed by atoms with van der Waals surface area (Å²) in [6.45, 7) is 4.56. The zero-order chi connectivity index (χ0) is 16.5. The second-order valence-corrected chi connectivity index (χ2v) is 8.28. The molecule has 0 aromatic carbocycles. The van der Waals surface area contributed by atoms with Crippen LogP contribution in [0.15, 0.2) is 0 Å². The van der Waals surface area contributed by atoms with Crippen LogP contribution in [-0.4, -0.2) is 10.5 Å². The minimum absolute atomic E-state index is 0.499. The van der Waals surface area contributed by atoms with Gasteiger partial charge in [0.1, 0.15) is 0 Å². The molecular formula is C20H42S2. The predicted octanol–water partition coefficient (Wildman–Crippen LogP) is 7.86. The van der Waals surface area contributed by atoms with Crippen LogP contribution in [0.25, 0.3) is 0 Å². The monoisotopic (exact) mass is 346 g/mol. The fourth-order valence-corrected chi connectivity index (χ4v) is 3.67. The molecule has 0 spiro atoms. The van der Waals surface area contributed by atoms with Gasteiger partial charge in [-0.1, -0.05) is 104 Å². The Bertz CT molecular complexity index is 184. The lowest BCUT2D eigenvalue weighted by molar-refractivity contribution is 0.541. The summed E-state index contributed by atoms with van der Waals surface area (Å²) in [5.41, 5.74) is 0. The lowest BCUT2D eigenvalue weighted by Gasteiger charge is -2.18. The van der Waals surface area contributed by atoms with E-state index in [9.17, 15) is 0 Å². The Kier molecular flexibility index (Phi) is 18.6. The second kappa shape index (κ2) is 18.0. The van der Waals surface area contributed by atoms with E-state index in [0.29, 0.717) is 10.5 Å². The fraction of sp³-hybridized carbons (Fsp3) is 1.00. The molecule has 2 heteroatoms. The van der Waals surface area contributed by atoms with Crippen molar-refractivity contribution in [2.45, 2.75) is 127 Å². The van der Waals surface area contributed by atoms with Crippen LogP contribution in [0, 0.1) is 0 Å². The molecular weight excluding hydrogens is 304 g/mol. The Morgan fingerprint density at radius 2 is 0.727 bits per heavy atom. The molecule has 0 radical (unpaired) electrons. The Morgan fingerprint density at radius 1 is 0.455 bits per heavy atom. The van der Waals surface area contributed by atoms with Crippen molar-refractivity contribution in [3.8, 4) is 0 Å². The highest BCUT2D eigenvalue weighted by Crippen LogP contribution is 2.22. The first-order valence-corrected chi connectivity index (χ1v) is 11.1. The van der Waals surface area contributed by atoms with Crippen LogP contribution in [0.2, 0.25) is 0 Å². The number of unbranched alkanes of at least 4 members (excludes halogenated alkanes) is 12. The number of thiol groups is 2. The van der Waals surface area contributed by atoms with E-state index in [4.69, 9.17) is 25.3 Å². The number of hydrogen-bond donors (Lipinski definition) is 2. The van der Waals surface area contributed by atoms with Crippen molar-refractivity contribution in [3.63, 3.8) is 0 Å². The van der Waals surface area contributed by atoms with Crippen molar-refractivity contribution >= 4 is 25.3 Å². The van der Waals surface area contributed by atoms with Crippen LogP contribution in [0.4, 0.5) is 0 Å². The number of rotatable bonds is 17. The summed E-state index contributed by atoms with van der Waals surface area (Å²) < 4.78 is 0. The predicted molar refractivity (Wildman–Crippen MR) is 111 cm³/mol. The molecule has 0 unspecified atom stereocenters. The van der Waals surface area contributed by atoms with Crippen LogP contribution < -0.4 is 0 Å². The molecule has 134 valence electrons. The molecule has 0 fully saturated rings. The Hall–Kier alpha value is 0.700. The molecule has 0 bridgehead atoms. The van der Waals surface area contributed by atoms with Gasteiger partial charge in [0.25, 0.3) is 0 Å². The van der Waals surface area contributed by atoms with Gasteiger partial charge in [-0.05, 0) is 12.8 Å². The highest BCUT2D eigenvalue weighted by atomic mass is 32.1. The van der Waals surface area contributed by atoms with Crippen molar-refractivity contribution in [3.05, 3.63) is 0 Å². The quantitative estimate of drug-likeness (QED) is 0.194. The highest BCUT2D eigenvalue weighted by Gasteiger charge is 2.13. The first-order chi connectivity index (χ1) is 10.7. The molecule has 0 aromatic heterocycles. The van der Waals surface area contributed by atoms with Crippen LogP contribution in [0.1, 0.15) is 117 Å². The molecule has 0 saturated heterocycles. The summed E-state index contributed by atoms with van der Waals surface area (Å²) in [5.74, 6) is 0. The van der Waals surface area contributed by atoms with E-state index in [1.54, 1.807) is 0 Å². The van der Waals surface area contributed by atoms with Gasteiger partial charge in [-0.25, -0.2) is 0 Å². The van der Waals surface area contributed by atoms with E-state index in [-0.39, 0.29) is 0 Å². The molecule has 0 amide bonds. The standard InChI is InChI=1S/C20H42S2/c1-3-5-7-9-11-13-15-17-19(21)20(22)18-16-14-12-10-8-6-4-2/h19-22H,3-18H2,1-2H3/t19-,20+. The van der Waals surface area contributed by atoms with Crippen molar-refractivity contribution in [2.24, 2.45) is 0 Å². The lowest BCUT2D eigenvalue weighted by Crippen LogP contribution is -2.15. The molecule has 0 aliphatic heterocycles. The minimum Gasteiger partial charge on any atom is -0.175 e. The summed E-state index contributed by atoms with van der Waals surface area (Å²) in [4.78, 5) is 0. The van der Waals surface area contributed by atoms with Crippen LogP contribution >= 0.6 is 25.3 Å². The summed E-state index contributed by atoms with van der Waals surface area (Å²) in [7, 11) is 0. The molecule has 0 aliphatic carbocycles. The van der Waals surface area contributed by atoms with E-state index in [2.05, 4.69) is 13.8 Å². The van der Waals surface area contributed by atoms with Crippen molar-refractivity contribution in [2.75, 3.05) is 0 Å². The van der Waals surface area contributed by atoms with E-state index >= 15 is 0 Å². The second-order valence-electron chi connectivity index (χ2n) is 6.95. The van der Waals surface area contributed by atoms with E-state index < -0.39 is 0 Å². The maximum Gasteiger partial charge on any atom is 0.0133 e. The van der Waals surface area contributed by atoms with Crippen LogP contribution in [0.5, 0.6) is 0 Å². The van der Waals surface area contributed by atoms with Gasteiger partial charge < -0.3 is 0 Å². The molecule has 0 N–H and O–H groups in total. The summed E-state index contributed by atoms with van der Waals surface area (Å²) >= 11 is 9.56. The van der Waals surface area contributed by atoms with Crippen molar-refractivity contribution < 1.29 is 0 Å². The zero-order valence-corrected chi connectivity index (χ0v) is 17.2. The van der Waals surface area contributed by atoms with Crippen LogP contribution in [-0.2, 0) is 0 Å².